The molecule has 25 heavy (non-hydrogen) atoms. The minimum absolute atomic E-state index is 0.137. The standard InChI is InChI=1S/C18H22N4O3/c1-13(23)21-15-5-3-6-16(12-15)22-17-11-14(7-9-19-17)18(24)20-8-4-10-25-2/h3,5-7,9,11-12H,4,8,10H2,1-2H3,(H,19,22)(H,20,24)(H,21,23). The minimum atomic E-state index is -0.159. The first kappa shape index (κ1) is 18.4. The molecule has 1 aromatic heterocycles. The maximum atomic E-state index is 12.1. The van der Waals surface area contributed by atoms with Crippen LogP contribution in [0.3, 0.4) is 0 Å². The monoisotopic (exact) mass is 342 g/mol. The zero-order chi connectivity index (χ0) is 18.1. The number of anilines is 3. The number of hydrogen-bond donors (Lipinski definition) is 3. The van der Waals surface area contributed by atoms with Crippen LogP contribution < -0.4 is 16.0 Å². The van der Waals surface area contributed by atoms with Gasteiger partial charge in [0.05, 0.1) is 0 Å². The molecule has 0 bridgehead atoms. The minimum Gasteiger partial charge on any atom is -0.385 e. The summed E-state index contributed by atoms with van der Waals surface area (Å²) in [5.41, 5.74) is 1.97. The lowest BCUT2D eigenvalue weighted by molar-refractivity contribution is -0.114. The highest BCUT2D eigenvalue weighted by Crippen LogP contribution is 2.19. The second-order valence-corrected chi connectivity index (χ2v) is 5.42. The molecule has 0 aliphatic heterocycles. The molecule has 3 N–H and O–H groups in total. The lowest BCUT2D eigenvalue weighted by Gasteiger charge is -2.10. The van der Waals surface area contributed by atoms with Crippen molar-refractivity contribution in [2.45, 2.75) is 13.3 Å². The van der Waals surface area contributed by atoms with E-state index in [1.807, 2.05) is 12.1 Å². The molecule has 1 heterocycles. The molecule has 2 amide bonds. The van der Waals surface area contributed by atoms with Crippen molar-refractivity contribution in [2.24, 2.45) is 0 Å². The highest BCUT2D eigenvalue weighted by molar-refractivity contribution is 5.95. The van der Waals surface area contributed by atoms with Gasteiger partial charge in [-0.2, -0.15) is 0 Å². The second-order valence-electron chi connectivity index (χ2n) is 5.42. The van der Waals surface area contributed by atoms with Crippen LogP contribution in [-0.4, -0.2) is 37.1 Å². The smallest absolute Gasteiger partial charge is 0.251 e. The number of rotatable bonds is 8. The van der Waals surface area contributed by atoms with E-state index in [4.69, 9.17) is 4.74 Å². The number of methoxy groups -OCH3 is 1. The van der Waals surface area contributed by atoms with Crippen molar-refractivity contribution >= 4 is 29.0 Å². The maximum absolute atomic E-state index is 12.1. The van der Waals surface area contributed by atoms with Crippen molar-refractivity contribution in [3.63, 3.8) is 0 Å². The number of nitrogens with zero attached hydrogens (tertiary/aromatic N) is 1. The van der Waals surface area contributed by atoms with Gasteiger partial charge in [0.2, 0.25) is 5.91 Å². The van der Waals surface area contributed by atoms with Crippen LogP contribution in [0.2, 0.25) is 0 Å². The fraction of sp³-hybridized carbons (Fsp3) is 0.278. The van der Waals surface area contributed by atoms with E-state index in [1.165, 1.54) is 6.92 Å². The number of pyridine rings is 1. The lowest BCUT2D eigenvalue weighted by Crippen LogP contribution is -2.25. The van der Waals surface area contributed by atoms with Crippen molar-refractivity contribution in [3.8, 4) is 0 Å². The van der Waals surface area contributed by atoms with E-state index < -0.39 is 0 Å². The average molecular weight is 342 g/mol. The molecule has 7 nitrogen and oxygen atoms in total. The van der Waals surface area contributed by atoms with Gasteiger partial charge in [0.25, 0.3) is 5.91 Å². The van der Waals surface area contributed by atoms with Crippen LogP contribution in [0.1, 0.15) is 23.7 Å². The molecule has 1 aromatic carbocycles. The van der Waals surface area contributed by atoms with Gasteiger partial charge in [-0.25, -0.2) is 4.98 Å². The maximum Gasteiger partial charge on any atom is 0.251 e. The van der Waals surface area contributed by atoms with Crippen LogP contribution in [-0.2, 0) is 9.53 Å². The number of amides is 2. The molecule has 2 rings (SSSR count). The molecule has 0 spiro atoms. The Kier molecular flexibility index (Phi) is 6.91. The van der Waals surface area contributed by atoms with Gasteiger partial charge in [0, 0.05) is 50.3 Å². The summed E-state index contributed by atoms with van der Waals surface area (Å²) in [7, 11) is 1.63. The summed E-state index contributed by atoms with van der Waals surface area (Å²) < 4.78 is 4.95. The Morgan fingerprint density at radius 2 is 1.96 bits per heavy atom. The van der Waals surface area contributed by atoms with E-state index in [-0.39, 0.29) is 11.8 Å². The number of nitrogens with one attached hydrogen (secondary N) is 3. The van der Waals surface area contributed by atoms with Crippen molar-refractivity contribution in [3.05, 3.63) is 48.2 Å². The Morgan fingerprint density at radius 3 is 2.72 bits per heavy atom. The van der Waals surface area contributed by atoms with Gasteiger partial charge in [-0.1, -0.05) is 6.07 Å². The molecule has 0 saturated carbocycles. The summed E-state index contributed by atoms with van der Waals surface area (Å²) >= 11 is 0. The Hall–Kier alpha value is -2.93. The normalized spacial score (nSPS) is 10.2. The van der Waals surface area contributed by atoms with Gasteiger partial charge in [0.1, 0.15) is 5.82 Å². The van der Waals surface area contributed by atoms with Crippen molar-refractivity contribution in [1.82, 2.24) is 10.3 Å². The van der Waals surface area contributed by atoms with Crippen LogP contribution >= 0.6 is 0 Å². The third kappa shape index (κ3) is 6.23. The molecule has 0 atom stereocenters. The highest BCUT2D eigenvalue weighted by atomic mass is 16.5. The Balaban J connectivity index is 2.01. The SMILES string of the molecule is COCCCNC(=O)c1ccnc(Nc2cccc(NC(C)=O)c2)c1. The predicted molar refractivity (Wildman–Crippen MR) is 97.1 cm³/mol. The number of hydrogen-bond acceptors (Lipinski definition) is 5. The first-order chi connectivity index (χ1) is 12.1. The molecule has 0 radical (unpaired) electrons. The largest absolute Gasteiger partial charge is 0.385 e. The van der Waals surface area contributed by atoms with Crippen LogP contribution in [0.4, 0.5) is 17.2 Å². The zero-order valence-electron chi connectivity index (χ0n) is 14.3. The third-order valence-corrected chi connectivity index (χ3v) is 3.29. The first-order valence-corrected chi connectivity index (χ1v) is 7.96. The van der Waals surface area contributed by atoms with Gasteiger partial charge >= 0.3 is 0 Å². The molecule has 0 fully saturated rings. The Labute approximate surface area is 146 Å². The molecular weight excluding hydrogens is 320 g/mol. The average Bonchev–Trinajstić information content (AvgIpc) is 2.58. The van der Waals surface area contributed by atoms with Crippen LogP contribution in [0.25, 0.3) is 0 Å². The summed E-state index contributed by atoms with van der Waals surface area (Å²) in [6, 6.07) is 10.6. The third-order valence-electron chi connectivity index (χ3n) is 3.29. The molecule has 0 aliphatic carbocycles. The molecule has 2 aromatic rings. The summed E-state index contributed by atoms with van der Waals surface area (Å²) in [5, 5.41) is 8.68. The molecule has 132 valence electrons. The van der Waals surface area contributed by atoms with Crippen molar-refractivity contribution < 1.29 is 14.3 Å². The van der Waals surface area contributed by atoms with Crippen LogP contribution in [0.5, 0.6) is 0 Å². The summed E-state index contributed by atoms with van der Waals surface area (Å²) in [4.78, 5) is 27.5. The molecule has 0 saturated heterocycles. The van der Waals surface area contributed by atoms with Gasteiger partial charge in [-0.15, -0.1) is 0 Å². The van der Waals surface area contributed by atoms with Gasteiger partial charge in [-0.05, 0) is 36.8 Å². The Morgan fingerprint density at radius 1 is 1.16 bits per heavy atom. The predicted octanol–water partition coefficient (Wildman–Crippen LogP) is 2.55. The van der Waals surface area contributed by atoms with E-state index in [2.05, 4.69) is 20.9 Å². The fourth-order valence-corrected chi connectivity index (χ4v) is 2.19. The van der Waals surface area contributed by atoms with E-state index in [9.17, 15) is 9.59 Å². The number of ether oxygens (including phenoxy) is 1. The summed E-state index contributed by atoms with van der Waals surface area (Å²) in [6.45, 7) is 2.61. The molecular formula is C18H22N4O3. The quantitative estimate of drug-likeness (QED) is 0.641. The molecule has 7 heteroatoms. The lowest BCUT2D eigenvalue weighted by atomic mass is 10.2. The van der Waals surface area contributed by atoms with Crippen molar-refractivity contribution in [1.29, 1.82) is 0 Å². The van der Waals surface area contributed by atoms with Gasteiger partial charge in [-0.3, -0.25) is 9.59 Å². The van der Waals surface area contributed by atoms with Crippen LogP contribution in [0.15, 0.2) is 42.6 Å². The highest BCUT2D eigenvalue weighted by Gasteiger charge is 2.07. The summed E-state index contributed by atoms with van der Waals surface area (Å²) in [6.07, 6.45) is 2.33. The summed E-state index contributed by atoms with van der Waals surface area (Å²) in [5.74, 6) is 0.250. The van der Waals surface area contributed by atoms with E-state index in [0.717, 1.165) is 12.1 Å². The Bertz CT molecular complexity index is 734. The van der Waals surface area contributed by atoms with Crippen LogP contribution in [0, 0.1) is 0 Å². The van der Waals surface area contributed by atoms with Gasteiger partial charge < -0.3 is 20.7 Å². The number of benzene rings is 1. The topological polar surface area (TPSA) is 92.3 Å². The van der Waals surface area contributed by atoms with E-state index >= 15 is 0 Å². The first-order valence-electron chi connectivity index (χ1n) is 7.96. The van der Waals surface area contributed by atoms with Gasteiger partial charge in [0.15, 0.2) is 0 Å². The second kappa shape index (κ2) is 9.39. The van der Waals surface area contributed by atoms with E-state index in [0.29, 0.717) is 30.2 Å². The number of carbonyl (C=O) groups excluding carboxylic acids is 2. The number of aromatic nitrogens is 1. The van der Waals surface area contributed by atoms with Crippen molar-refractivity contribution in [2.75, 3.05) is 30.9 Å². The zero-order valence-corrected chi connectivity index (χ0v) is 14.3. The fourth-order valence-electron chi connectivity index (χ4n) is 2.19. The molecule has 0 aliphatic rings. The molecule has 0 unspecified atom stereocenters. The number of carbonyl (C=O) groups is 2. The van der Waals surface area contributed by atoms with E-state index in [1.54, 1.807) is 37.6 Å².